The van der Waals surface area contributed by atoms with Gasteiger partial charge in [0.1, 0.15) is 24.1 Å². The van der Waals surface area contributed by atoms with E-state index in [1.807, 2.05) is 23.5 Å². The summed E-state index contributed by atoms with van der Waals surface area (Å²) < 4.78 is 12.3. The molecule has 2 atom stereocenters. The molecule has 0 aliphatic carbocycles. The Kier molecular flexibility index (Phi) is 5.09. The number of aromatic nitrogens is 1. The van der Waals surface area contributed by atoms with Crippen LogP contribution in [0.5, 0.6) is 11.5 Å². The van der Waals surface area contributed by atoms with Crippen LogP contribution in [0.15, 0.2) is 42.5 Å². The molecule has 0 saturated carbocycles. The molecule has 4 nitrogen and oxygen atoms in total. The molecule has 1 N–H and O–H groups in total. The number of hydrogen-bond acceptors (Lipinski definition) is 4. The Labute approximate surface area is 158 Å². The summed E-state index contributed by atoms with van der Waals surface area (Å²) in [6, 6.07) is 15.0. The molecule has 1 unspecified atom stereocenters. The van der Waals surface area contributed by atoms with Gasteiger partial charge in [0.25, 0.3) is 0 Å². The Morgan fingerprint density at radius 3 is 2.81 bits per heavy atom. The number of piperidine rings is 1. The number of likely N-dealkylation sites (tertiary alicyclic amines) is 1. The van der Waals surface area contributed by atoms with Crippen LogP contribution >= 0.6 is 11.3 Å². The normalized spacial score (nSPS) is 20.2. The lowest BCUT2D eigenvalue weighted by molar-refractivity contribution is -0.950. The zero-order chi connectivity index (χ0) is 17.9. The summed E-state index contributed by atoms with van der Waals surface area (Å²) in [5.74, 6) is 1.82. The predicted octanol–water partition coefficient (Wildman–Crippen LogP) is 3.62. The van der Waals surface area contributed by atoms with Crippen molar-refractivity contribution in [1.82, 2.24) is 4.98 Å². The van der Waals surface area contributed by atoms with Crippen LogP contribution in [0, 0.1) is 0 Å². The fourth-order valence-corrected chi connectivity index (χ4v) is 5.05. The van der Waals surface area contributed by atoms with E-state index in [2.05, 4.69) is 30.3 Å². The van der Waals surface area contributed by atoms with Crippen LogP contribution in [0.3, 0.4) is 0 Å². The zero-order valence-electron chi connectivity index (χ0n) is 15.3. The Morgan fingerprint density at radius 2 is 2.00 bits per heavy atom. The smallest absolute Gasteiger partial charge is 0.151 e. The molecule has 136 valence electrons. The van der Waals surface area contributed by atoms with Crippen molar-refractivity contribution in [1.29, 1.82) is 0 Å². The van der Waals surface area contributed by atoms with Crippen molar-refractivity contribution < 1.29 is 14.4 Å². The van der Waals surface area contributed by atoms with E-state index in [9.17, 15) is 0 Å². The maximum atomic E-state index is 5.59. The van der Waals surface area contributed by atoms with Crippen molar-refractivity contribution >= 4 is 21.6 Å². The minimum atomic E-state index is 0.456. The van der Waals surface area contributed by atoms with Crippen molar-refractivity contribution in [2.24, 2.45) is 0 Å². The topological polar surface area (TPSA) is 35.8 Å². The first-order valence-corrected chi connectivity index (χ1v) is 10.0. The van der Waals surface area contributed by atoms with Crippen molar-refractivity contribution in [2.75, 3.05) is 20.8 Å². The van der Waals surface area contributed by atoms with Crippen LogP contribution in [-0.4, -0.2) is 25.7 Å². The number of hydrogen-bond donors (Lipinski definition) is 1. The van der Waals surface area contributed by atoms with Gasteiger partial charge in [-0.1, -0.05) is 12.1 Å². The maximum Gasteiger partial charge on any atom is 0.151 e. The molecule has 4 rings (SSSR count). The van der Waals surface area contributed by atoms with Gasteiger partial charge in [0, 0.05) is 6.42 Å². The number of benzene rings is 2. The highest BCUT2D eigenvalue weighted by molar-refractivity contribution is 7.18. The Balaban J connectivity index is 1.63. The van der Waals surface area contributed by atoms with Crippen LogP contribution < -0.4 is 14.4 Å². The van der Waals surface area contributed by atoms with Crippen molar-refractivity contribution in [3.8, 4) is 11.5 Å². The standard InChI is InChI=1S/C21H24N2O2S/c1-24-16-10-11-19(25-2)15(13-16)14-23-12-6-5-8-18(23)21-22-17-7-3-4-9-20(17)26-21/h3-4,7,9-11,13,18H,5-6,8,12,14H2,1-2H3/p+1/t18-/m0/s1. The molecule has 0 bridgehead atoms. The number of fused-ring (bicyclic) bond motifs is 1. The molecule has 2 heterocycles. The summed E-state index contributed by atoms with van der Waals surface area (Å²) in [5.41, 5.74) is 2.33. The van der Waals surface area contributed by atoms with Gasteiger partial charge < -0.3 is 14.4 Å². The fraction of sp³-hybridized carbons (Fsp3) is 0.381. The van der Waals surface area contributed by atoms with E-state index in [0.29, 0.717) is 6.04 Å². The highest BCUT2D eigenvalue weighted by Gasteiger charge is 2.31. The van der Waals surface area contributed by atoms with Crippen LogP contribution in [0.2, 0.25) is 0 Å². The van der Waals surface area contributed by atoms with Gasteiger partial charge in [0.15, 0.2) is 5.01 Å². The average Bonchev–Trinajstić information content (AvgIpc) is 3.12. The van der Waals surface area contributed by atoms with Crippen LogP contribution in [-0.2, 0) is 6.54 Å². The number of rotatable bonds is 5. The molecule has 0 radical (unpaired) electrons. The summed E-state index contributed by atoms with van der Waals surface area (Å²) in [7, 11) is 3.45. The minimum Gasteiger partial charge on any atom is -0.497 e. The summed E-state index contributed by atoms with van der Waals surface area (Å²) in [6.45, 7) is 2.10. The lowest BCUT2D eigenvalue weighted by atomic mass is 10.0. The Bertz CT molecular complexity index is 860. The van der Waals surface area contributed by atoms with Crippen LogP contribution in [0.25, 0.3) is 10.2 Å². The van der Waals surface area contributed by atoms with E-state index >= 15 is 0 Å². The molecule has 0 spiro atoms. The molecule has 2 aromatic carbocycles. The largest absolute Gasteiger partial charge is 0.497 e. The highest BCUT2D eigenvalue weighted by Crippen LogP contribution is 2.30. The first-order valence-electron chi connectivity index (χ1n) is 9.19. The summed E-state index contributed by atoms with van der Waals surface area (Å²) >= 11 is 1.85. The monoisotopic (exact) mass is 369 g/mol. The van der Waals surface area contributed by atoms with Gasteiger partial charge in [-0.3, -0.25) is 0 Å². The van der Waals surface area contributed by atoms with Gasteiger partial charge in [0.05, 0.1) is 36.5 Å². The third-order valence-corrected chi connectivity index (χ3v) is 6.40. The van der Waals surface area contributed by atoms with E-state index in [0.717, 1.165) is 23.6 Å². The van der Waals surface area contributed by atoms with E-state index in [-0.39, 0.29) is 0 Å². The van der Waals surface area contributed by atoms with Crippen LogP contribution in [0.4, 0.5) is 0 Å². The van der Waals surface area contributed by atoms with Gasteiger partial charge in [-0.25, -0.2) is 4.98 Å². The molecule has 26 heavy (non-hydrogen) atoms. The number of thiazole rings is 1. The van der Waals surface area contributed by atoms with Gasteiger partial charge >= 0.3 is 0 Å². The van der Waals surface area contributed by atoms with E-state index in [4.69, 9.17) is 14.5 Å². The van der Waals surface area contributed by atoms with E-state index in [1.54, 1.807) is 19.1 Å². The molecule has 1 aliphatic heterocycles. The van der Waals surface area contributed by atoms with Crippen LogP contribution in [0.1, 0.15) is 35.9 Å². The Morgan fingerprint density at radius 1 is 1.12 bits per heavy atom. The summed E-state index contributed by atoms with van der Waals surface area (Å²) in [5, 5.41) is 1.27. The number of quaternary nitrogens is 1. The third kappa shape index (κ3) is 3.41. The third-order valence-electron chi connectivity index (χ3n) is 5.25. The Hall–Kier alpha value is -2.11. The summed E-state index contributed by atoms with van der Waals surface area (Å²) in [4.78, 5) is 6.52. The van der Waals surface area contributed by atoms with Gasteiger partial charge in [0.2, 0.25) is 0 Å². The van der Waals surface area contributed by atoms with Crippen molar-refractivity contribution in [3.05, 3.63) is 53.0 Å². The first-order chi connectivity index (χ1) is 12.8. The molecule has 1 saturated heterocycles. The minimum absolute atomic E-state index is 0.456. The molecular weight excluding hydrogens is 344 g/mol. The quantitative estimate of drug-likeness (QED) is 0.746. The van der Waals surface area contributed by atoms with Gasteiger partial charge in [-0.05, 0) is 43.2 Å². The fourth-order valence-electron chi connectivity index (χ4n) is 3.89. The molecular formula is C21H25N2O2S+. The number of methoxy groups -OCH3 is 2. The second-order valence-corrected chi connectivity index (χ2v) is 7.89. The number of nitrogens with zero attached hydrogens (tertiary/aromatic N) is 1. The molecule has 1 aliphatic rings. The van der Waals surface area contributed by atoms with E-state index < -0.39 is 0 Å². The van der Waals surface area contributed by atoms with E-state index in [1.165, 1.54) is 41.1 Å². The number of ether oxygens (including phenoxy) is 2. The maximum absolute atomic E-state index is 5.59. The highest BCUT2D eigenvalue weighted by atomic mass is 32.1. The predicted molar refractivity (Wildman–Crippen MR) is 105 cm³/mol. The van der Waals surface area contributed by atoms with Gasteiger partial charge in [-0.15, -0.1) is 11.3 Å². The lowest BCUT2D eigenvalue weighted by Crippen LogP contribution is -3.11. The second kappa shape index (κ2) is 7.64. The summed E-state index contributed by atoms with van der Waals surface area (Å²) in [6.07, 6.45) is 3.74. The zero-order valence-corrected chi connectivity index (χ0v) is 16.1. The molecule has 1 fully saturated rings. The number of para-hydroxylation sites is 1. The molecule has 0 amide bonds. The lowest BCUT2D eigenvalue weighted by Gasteiger charge is -2.31. The SMILES string of the molecule is COc1ccc(OC)c(C[NH+]2CCCC[C@H]2c2nc3ccccc3s2)c1. The van der Waals surface area contributed by atoms with Gasteiger partial charge in [-0.2, -0.15) is 0 Å². The number of nitrogens with one attached hydrogen (secondary N) is 1. The van der Waals surface area contributed by atoms with Crippen molar-refractivity contribution in [2.45, 2.75) is 31.8 Å². The molecule has 1 aromatic heterocycles. The second-order valence-electron chi connectivity index (χ2n) is 6.83. The first kappa shape index (κ1) is 17.3. The molecule has 5 heteroatoms. The van der Waals surface area contributed by atoms with Crippen molar-refractivity contribution in [3.63, 3.8) is 0 Å². The average molecular weight is 370 g/mol. The molecule has 3 aromatic rings.